The van der Waals surface area contributed by atoms with Gasteiger partial charge in [0.2, 0.25) is 5.91 Å². The van der Waals surface area contributed by atoms with Gasteiger partial charge in [-0.15, -0.1) is 0 Å². The molecule has 0 heterocycles. The van der Waals surface area contributed by atoms with Crippen LogP contribution in [0.4, 0.5) is 21.0 Å². The molecule has 0 spiro atoms. The molecule has 0 aliphatic heterocycles. The normalized spacial score (nSPS) is 10.8. The highest BCUT2D eigenvalue weighted by Gasteiger charge is 2.21. The maximum atomic E-state index is 12.4. The molecular weight excluding hydrogens is 442 g/mol. The number of ether oxygens (including phenoxy) is 3. The van der Waals surface area contributed by atoms with Crippen molar-refractivity contribution in [3.63, 3.8) is 0 Å². The lowest BCUT2D eigenvalue weighted by Gasteiger charge is -2.25. The molecule has 34 heavy (non-hydrogen) atoms. The second-order valence-electron chi connectivity index (χ2n) is 8.47. The number of rotatable bonds is 8. The summed E-state index contributed by atoms with van der Waals surface area (Å²) in [6, 6.07) is 11.6. The van der Waals surface area contributed by atoms with Crippen molar-refractivity contribution < 1.29 is 33.4 Å². The molecule has 2 rings (SSSR count). The Balaban J connectivity index is 2.09. The van der Waals surface area contributed by atoms with Gasteiger partial charge in [-0.1, -0.05) is 6.07 Å². The van der Waals surface area contributed by atoms with Crippen LogP contribution in [-0.4, -0.2) is 42.8 Å². The topological polar surface area (TPSA) is 115 Å². The monoisotopic (exact) mass is 473 g/mol. The van der Waals surface area contributed by atoms with Gasteiger partial charge in [0.15, 0.2) is 0 Å². The number of carbonyl (C=O) groups is 3. The van der Waals surface area contributed by atoms with Crippen molar-refractivity contribution in [2.75, 3.05) is 25.0 Å². The van der Waals surface area contributed by atoms with Gasteiger partial charge in [0, 0.05) is 26.2 Å². The molecule has 0 aromatic heterocycles. The third-order valence-corrected chi connectivity index (χ3v) is 4.26. The summed E-state index contributed by atoms with van der Waals surface area (Å²) < 4.78 is 15.9. The SMILES string of the molecule is CONc1ccc(OC(=O)OCc2ccc(NC(C)=O)cc2CN(C)C(=O)OC(C)(C)C)cc1. The lowest BCUT2D eigenvalue weighted by atomic mass is 10.1. The van der Waals surface area contributed by atoms with E-state index in [4.69, 9.17) is 19.0 Å². The van der Waals surface area contributed by atoms with Crippen molar-refractivity contribution >= 4 is 29.5 Å². The van der Waals surface area contributed by atoms with E-state index in [-0.39, 0.29) is 19.1 Å². The fraction of sp³-hybridized carbons (Fsp3) is 0.375. The quantitative estimate of drug-likeness (QED) is 0.322. The first-order valence-electron chi connectivity index (χ1n) is 10.5. The average molecular weight is 474 g/mol. The van der Waals surface area contributed by atoms with Gasteiger partial charge in [0.05, 0.1) is 12.8 Å². The molecule has 2 aromatic carbocycles. The number of benzene rings is 2. The molecule has 0 bridgehead atoms. The van der Waals surface area contributed by atoms with Crippen LogP contribution >= 0.6 is 0 Å². The highest BCUT2D eigenvalue weighted by molar-refractivity contribution is 5.88. The van der Waals surface area contributed by atoms with Crippen molar-refractivity contribution in [1.29, 1.82) is 0 Å². The molecule has 0 radical (unpaired) electrons. The van der Waals surface area contributed by atoms with Crippen LogP contribution in [-0.2, 0) is 32.3 Å². The molecule has 0 unspecified atom stereocenters. The summed E-state index contributed by atoms with van der Waals surface area (Å²) >= 11 is 0. The fourth-order valence-corrected chi connectivity index (χ4v) is 2.83. The molecule has 0 fully saturated rings. The first-order chi connectivity index (χ1) is 16.0. The Labute approximate surface area is 199 Å². The van der Waals surface area contributed by atoms with Crippen LogP contribution in [0, 0.1) is 0 Å². The van der Waals surface area contributed by atoms with Crippen LogP contribution in [0.25, 0.3) is 0 Å². The highest BCUT2D eigenvalue weighted by Crippen LogP contribution is 2.21. The van der Waals surface area contributed by atoms with E-state index in [1.165, 1.54) is 18.9 Å². The van der Waals surface area contributed by atoms with Gasteiger partial charge in [-0.3, -0.25) is 15.1 Å². The Hall–Kier alpha value is -3.79. The lowest BCUT2D eigenvalue weighted by molar-refractivity contribution is -0.114. The van der Waals surface area contributed by atoms with E-state index in [9.17, 15) is 14.4 Å². The second kappa shape index (κ2) is 11.9. The van der Waals surface area contributed by atoms with Gasteiger partial charge in [0.1, 0.15) is 18.0 Å². The van der Waals surface area contributed by atoms with Gasteiger partial charge in [-0.05, 0) is 68.3 Å². The average Bonchev–Trinajstić information content (AvgIpc) is 2.73. The molecule has 10 nitrogen and oxygen atoms in total. The van der Waals surface area contributed by atoms with Crippen LogP contribution in [0.15, 0.2) is 42.5 Å². The van der Waals surface area contributed by atoms with Crippen LogP contribution in [0.5, 0.6) is 5.75 Å². The van der Waals surface area contributed by atoms with Crippen LogP contribution in [0.1, 0.15) is 38.8 Å². The minimum absolute atomic E-state index is 0.0972. The first-order valence-corrected chi connectivity index (χ1v) is 10.5. The van der Waals surface area contributed by atoms with Crippen LogP contribution in [0.2, 0.25) is 0 Å². The zero-order chi connectivity index (χ0) is 25.3. The molecule has 2 N–H and O–H groups in total. The third kappa shape index (κ3) is 8.99. The summed E-state index contributed by atoms with van der Waals surface area (Å²) in [5.74, 6) is 0.0725. The number of anilines is 2. The summed E-state index contributed by atoms with van der Waals surface area (Å²) in [4.78, 5) is 42.2. The van der Waals surface area contributed by atoms with Gasteiger partial charge >= 0.3 is 12.2 Å². The van der Waals surface area contributed by atoms with Crippen molar-refractivity contribution in [2.45, 2.75) is 46.4 Å². The van der Waals surface area contributed by atoms with Crippen molar-refractivity contribution in [1.82, 2.24) is 4.90 Å². The van der Waals surface area contributed by atoms with Gasteiger partial charge in [-0.25, -0.2) is 9.59 Å². The number of nitrogens with one attached hydrogen (secondary N) is 2. The minimum Gasteiger partial charge on any atom is -0.444 e. The second-order valence-corrected chi connectivity index (χ2v) is 8.47. The van der Waals surface area contributed by atoms with Crippen molar-refractivity contribution in [3.8, 4) is 5.75 Å². The zero-order valence-corrected chi connectivity index (χ0v) is 20.3. The minimum atomic E-state index is -0.884. The van der Waals surface area contributed by atoms with Crippen LogP contribution < -0.4 is 15.5 Å². The summed E-state index contributed by atoms with van der Waals surface area (Å²) in [5.41, 5.74) is 4.57. The largest absolute Gasteiger partial charge is 0.514 e. The number of hydrogen-bond acceptors (Lipinski definition) is 8. The molecule has 0 saturated carbocycles. The summed E-state index contributed by atoms with van der Waals surface area (Å²) in [7, 11) is 3.09. The van der Waals surface area contributed by atoms with Gasteiger partial charge < -0.3 is 24.4 Å². The van der Waals surface area contributed by atoms with E-state index < -0.39 is 17.8 Å². The fourth-order valence-electron chi connectivity index (χ4n) is 2.83. The highest BCUT2D eigenvalue weighted by atomic mass is 16.7. The van der Waals surface area contributed by atoms with E-state index in [1.807, 2.05) is 0 Å². The first kappa shape index (κ1) is 26.5. The Bertz CT molecular complexity index is 1000. The van der Waals surface area contributed by atoms with Crippen molar-refractivity contribution in [2.24, 2.45) is 0 Å². The number of hydrogen-bond donors (Lipinski definition) is 2. The summed E-state index contributed by atoms with van der Waals surface area (Å²) in [6.45, 7) is 6.81. The molecule has 10 heteroatoms. The Kier molecular flexibility index (Phi) is 9.26. The van der Waals surface area contributed by atoms with E-state index in [2.05, 4.69) is 10.8 Å². The summed E-state index contributed by atoms with van der Waals surface area (Å²) in [6.07, 6.45) is -1.39. The maximum absolute atomic E-state index is 12.4. The number of carbonyl (C=O) groups excluding carboxylic acids is 3. The predicted octanol–water partition coefficient (Wildman–Crippen LogP) is 4.70. The van der Waals surface area contributed by atoms with E-state index >= 15 is 0 Å². The molecule has 0 aliphatic rings. The molecule has 0 saturated heterocycles. The van der Waals surface area contributed by atoms with E-state index in [1.54, 1.807) is 70.3 Å². The number of nitrogens with zero attached hydrogens (tertiary/aromatic N) is 1. The molecular formula is C24H31N3O7. The van der Waals surface area contributed by atoms with Crippen molar-refractivity contribution in [3.05, 3.63) is 53.6 Å². The van der Waals surface area contributed by atoms with Gasteiger partial charge in [-0.2, -0.15) is 0 Å². The molecule has 0 atom stereocenters. The van der Waals surface area contributed by atoms with E-state index in [0.717, 1.165) is 0 Å². The maximum Gasteiger partial charge on any atom is 0.514 e. The Morgan fingerprint density at radius 2 is 1.62 bits per heavy atom. The van der Waals surface area contributed by atoms with Gasteiger partial charge in [0.25, 0.3) is 0 Å². The smallest absolute Gasteiger partial charge is 0.444 e. The number of amides is 2. The predicted molar refractivity (Wildman–Crippen MR) is 126 cm³/mol. The Morgan fingerprint density at radius 3 is 2.21 bits per heavy atom. The summed E-state index contributed by atoms with van der Waals surface area (Å²) in [5, 5.41) is 2.70. The third-order valence-electron chi connectivity index (χ3n) is 4.26. The van der Waals surface area contributed by atoms with Crippen LogP contribution in [0.3, 0.4) is 0 Å². The zero-order valence-electron chi connectivity index (χ0n) is 20.3. The lowest BCUT2D eigenvalue weighted by Crippen LogP contribution is -2.34. The van der Waals surface area contributed by atoms with E-state index in [0.29, 0.717) is 28.3 Å². The molecule has 2 amide bonds. The molecule has 184 valence electrons. The molecule has 0 aliphatic carbocycles. The molecule has 2 aromatic rings. The standard InChI is InChI=1S/C24H31N3O7/c1-16(28)25-20-8-7-17(18(13-20)14-27(5)22(29)34-24(2,3)4)15-32-23(30)33-21-11-9-19(10-12-21)26-31-6/h7-13,26H,14-15H2,1-6H3,(H,25,28). The Morgan fingerprint density at radius 1 is 0.971 bits per heavy atom.